The minimum atomic E-state index is 0.0193. The van der Waals surface area contributed by atoms with Gasteiger partial charge in [-0.3, -0.25) is 9.69 Å². The SMILES string of the molecule is CC1CCCC(CN)N1CCC(=O)Nc1cccc(Cl)c1. The van der Waals surface area contributed by atoms with Gasteiger partial charge in [0.15, 0.2) is 0 Å². The Bertz CT molecular complexity index is 480. The first kappa shape index (κ1) is 16.3. The predicted molar refractivity (Wildman–Crippen MR) is 87.6 cm³/mol. The molecule has 2 rings (SSSR count). The van der Waals surface area contributed by atoms with Crippen LogP contribution in [0.15, 0.2) is 24.3 Å². The minimum absolute atomic E-state index is 0.0193. The van der Waals surface area contributed by atoms with Crippen LogP contribution in [-0.2, 0) is 4.79 Å². The summed E-state index contributed by atoms with van der Waals surface area (Å²) in [6.07, 6.45) is 4.03. The topological polar surface area (TPSA) is 58.4 Å². The predicted octanol–water partition coefficient (Wildman–Crippen LogP) is 2.87. The van der Waals surface area contributed by atoms with Crippen molar-refractivity contribution in [2.75, 3.05) is 18.4 Å². The van der Waals surface area contributed by atoms with Crippen LogP contribution in [-0.4, -0.2) is 36.0 Å². The molecule has 116 valence electrons. The molecule has 1 heterocycles. The molecule has 3 N–H and O–H groups in total. The van der Waals surface area contributed by atoms with Gasteiger partial charge in [-0.25, -0.2) is 0 Å². The number of hydrogen-bond acceptors (Lipinski definition) is 3. The molecule has 5 heteroatoms. The summed E-state index contributed by atoms with van der Waals surface area (Å²) in [5, 5.41) is 3.51. The Morgan fingerprint density at radius 3 is 3.00 bits per heavy atom. The Labute approximate surface area is 131 Å². The first-order valence-electron chi connectivity index (χ1n) is 7.61. The number of piperidine rings is 1. The molecular formula is C16H24ClN3O. The van der Waals surface area contributed by atoms with E-state index in [1.807, 2.05) is 12.1 Å². The smallest absolute Gasteiger partial charge is 0.225 e. The number of carbonyl (C=O) groups excluding carboxylic acids is 1. The number of nitrogens with zero attached hydrogens (tertiary/aromatic N) is 1. The number of likely N-dealkylation sites (tertiary alicyclic amines) is 1. The van der Waals surface area contributed by atoms with Crippen LogP contribution in [0, 0.1) is 0 Å². The molecule has 0 radical (unpaired) electrons. The van der Waals surface area contributed by atoms with Crippen molar-refractivity contribution >= 4 is 23.2 Å². The number of halogens is 1. The molecule has 1 aliphatic rings. The van der Waals surface area contributed by atoms with E-state index in [1.165, 1.54) is 12.8 Å². The summed E-state index contributed by atoms with van der Waals surface area (Å²) < 4.78 is 0. The third-order valence-corrected chi connectivity index (χ3v) is 4.41. The highest BCUT2D eigenvalue weighted by Crippen LogP contribution is 2.22. The van der Waals surface area contributed by atoms with Crippen LogP contribution in [0.3, 0.4) is 0 Å². The van der Waals surface area contributed by atoms with Crippen LogP contribution in [0.5, 0.6) is 0 Å². The van der Waals surface area contributed by atoms with Gasteiger partial charge in [-0.05, 0) is 38.0 Å². The number of nitrogens with two attached hydrogens (primary N) is 1. The first-order valence-corrected chi connectivity index (χ1v) is 7.99. The molecule has 0 saturated carbocycles. The zero-order valence-corrected chi connectivity index (χ0v) is 13.3. The molecule has 1 aromatic rings. The van der Waals surface area contributed by atoms with Gasteiger partial charge in [0, 0.05) is 42.3 Å². The van der Waals surface area contributed by atoms with Crippen LogP contribution >= 0.6 is 11.6 Å². The number of nitrogens with one attached hydrogen (secondary N) is 1. The monoisotopic (exact) mass is 309 g/mol. The Kier molecular flexibility index (Phi) is 6.03. The van der Waals surface area contributed by atoms with Crippen molar-refractivity contribution in [2.45, 2.75) is 44.7 Å². The summed E-state index contributed by atoms with van der Waals surface area (Å²) in [4.78, 5) is 14.4. The van der Waals surface area contributed by atoms with Crippen molar-refractivity contribution in [1.29, 1.82) is 0 Å². The van der Waals surface area contributed by atoms with Crippen LogP contribution in [0.1, 0.15) is 32.6 Å². The summed E-state index contributed by atoms with van der Waals surface area (Å²) in [7, 11) is 0. The molecule has 1 aromatic carbocycles. The van der Waals surface area contributed by atoms with Gasteiger partial charge in [0.1, 0.15) is 0 Å². The van der Waals surface area contributed by atoms with E-state index in [2.05, 4.69) is 17.1 Å². The fourth-order valence-corrected chi connectivity index (χ4v) is 3.21. The van der Waals surface area contributed by atoms with Gasteiger partial charge >= 0.3 is 0 Å². The number of benzene rings is 1. The molecule has 1 saturated heterocycles. The molecule has 1 aliphatic heterocycles. The van der Waals surface area contributed by atoms with E-state index >= 15 is 0 Å². The number of rotatable bonds is 5. The van der Waals surface area contributed by atoms with Crippen molar-refractivity contribution in [3.8, 4) is 0 Å². The summed E-state index contributed by atoms with van der Waals surface area (Å²) in [5.74, 6) is 0.0193. The lowest BCUT2D eigenvalue weighted by Crippen LogP contribution is -2.49. The number of amides is 1. The molecule has 2 unspecified atom stereocenters. The van der Waals surface area contributed by atoms with E-state index in [-0.39, 0.29) is 5.91 Å². The highest BCUT2D eigenvalue weighted by molar-refractivity contribution is 6.30. The van der Waals surface area contributed by atoms with Crippen molar-refractivity contribution in [1.82, 2.24) is 4.90 Å². The average molecular weight is 310 g/mol. The van der Waals surface area contributed by atoms with E-state index in [1.54, 1.807) is 12.1 Å². The Balaban J connectivity index is 1.85. The van der Waals surface area contributed by atoms with Crippen LogP contribution in [0.25, 0.3) is 0 Å². The minimum Gasteiger partial charge on any atom is -0.329 e. The van der Waals surface area contributed by atoms with Gasteiger partial charge in [0.05, 0.1) is 0 Å². The van der Waals surface area contributed by atoms with E-state index in [9.17, 15) is 4.79 Å². The molecule has 0 aromatic heterocycles. The lowest BCUT2D eigenvalue weighted by molar-refractivity contribution is -0.116. The van der Waals surface area contributed by atoms with Crippen LogP contribution in [0.4, 0.5) is 5.69 Å². The van der Waals surface area contributed by atoms with Crippen molar-refractivity contribution in [2.24, 2.45) is 5.73 Å². The summed E-state index contributed by atoms with van der Waals surface area (Å²) in [6, 6.07) is 8.13. The Morgan fingerprint density at radius 1 is 1.48 bits per heavy atom. The zero-order valence-electron chi connectivity index (χ0n) is 12.5. The van der Waals surface area contributed by atoms with Gasteiger partial charge in [0.2, 0.25) is 5.91 Å². The van der Waals surface area contributed by atoms with Gasteiger partial charge in [-0.15, -0.1) is 0 Å². The second-order valence-electron chi connectivity index (χ2n) is 5.72. The summed E-state index contributed by atoms with van der Waals surface area (Å²) in [5.41, 5.74) is 6.59. The molecular weight excluding hydrogens is 286 g/mol. The fourth-order valence-electron chi connectivity index (χ4n) is 3.02. The third-order valence-electron chi connectivity index (χ3n) is 4.17. The molecule has 4 nitrogen and oxygen atoms in total. The highest BCUT2D eigenvalue weighted by Gasteiger charge is 2.26. The molecule has 1 fully saturated rings. The van der Waals surface area contributed by atoms with Crippen molar-refractivity contribution in [3.63, 3.8) is 0 Å². The highest BCUT2D eigenvalue weighted by atomic mass is 35.5. The zero-order chi connectivity index (χ0) is 15.2. The van der Waals surface area contributed by atoms with Gasteiger partial charge in [0.25, 0.3) is 0 Å². The molecule has 1 amide bonds. The lowest BCUT2D eigenvalue weighted by Gasteiger charge is -2.40. The largest absolute Gasteiger partial charge is 0.329 e. The van der Waals surface area contributed by atoms with E-state index in [0.717, 1.165) is 18.7 Å². The van der Waals surface area contributed by atoms with Crippen molar-refractivity contribution < 1.29 is 4.79 Å². The molecule has 0 bridgehead atoms. The first-order chi connectivity index (χ1) is 10.1. The summed E-state index contributed by atoms with van der Waals surface area (Å²) in [6.45, 7) is 3.65. The normalized spacial score (nSPS) is 23.0. The fraction of sp³-hybridized carbons (Fsp3) is 0.562. The lowest BCUT2D eigenvalue weighted by atomic mass is 9.96. The van der Waals surface area contributed by atoms with E-state index in [0.29, 0.717) is 30.1 Å². The Hall–Kier alpha value is -1.10. The maximum atomic E-state index is 12.1. The Morgan fingerprint density at radius 2 is 2.29 bits per heavy atom. The van der Waals surface area contributed by atoms with Gasteiger partial charge < -0.3 is 11.1 Å². The van der Waals surface area contributed by atoms with Gasteiger partial charge in [-0.1, -0.05) is 24.1 Å². The van der Waals surface area contributed by atoms with E-state index in [4.69, 9.17) is 17.3 Å². The number of hydrogen-bond donors (Lipinski definition) is 2. The third kappa shape index (κ3) is 4.70. The second-order valence-corrected chi connectivity index (χ2v) is 6.15. The standard InChI is InChI=1S/C16H24ClN3O/c1-12-4-2-7-15(11-18)20(12)9-8-16(21)19-14-6-3-5-13(17)10-14/h3,5-6,10,12,15H,2,4,7-9,11,18H2,1H3,(H,19,21). The second kappa shape index (κ2) is 7.78. The summed E-state index contributed by atoms with van der Waals surface area (Å²) >= 11 is 5.91. The quantitative estimate of drug-likeness (QED) is 0.879. The van der Waals surface area contributed by atoms with E-state index < -0.39 is 0 Å². The average Bonchev–Trinajstić information content (AvgIpc) is 2.45. The van der Waals surface area contributed by atoms with Crippen LogP contribution < -0.4 is 11.1 Å². The number of anilines is 1. The molecule has 0 spiro atoms. The number of carbonyl (C=O) groups is 1. The van der Waals surface area contributed by atoms with Crippen LogP contribution in [0.2, 0.25) is 5.02 Å². The molecule has 0 aliphatic carbocycles. The maximum Gasteiger partial charge on any atom is 0.225 e. The van der Waals surface area contributed by atoms with Crippen molar-refractivity contribution in [3.05, 3.63) is 29.3 Å². The maximum absolute atomic E-state index is 12.1. The molecule has 21 heavy (non-hydrogen) atoms. The van der Waals surface area contributed by atoms with Gasteiger partial charge in [-0.2, -0.15) is 0 Å². The molecule has 2 atom stereocenters.